The number of aldehydes is 1. The minimum atomic E-state index is -0.562. The number of aromatic nitrogens is 2. The zero-order chi connectivity index (χ0) is 22.5. The fourth-order valence-electron chi connectivity index (χ4n) is 3.90. The van der Waals surface area contributed by atoms with Gasteiger partial charge in [0.2, 0.25) is 12.2 Å². The number of rotatable bonds is 7. The highest BCUT2D eigenvalue weighted by Crippen LogP contribution is 2.35. The Bertz CT molecular complexity index is 911. The molecule has 1 saturated heterocycles. The molecule has 0 spiro atoms. The molecule has 0 unspecified atom stereocenters. The van der Waals surface area contributed by atoms with E-state index in [1.165, 1.54) is 0 Å². The predicted molar refractivity (Wildman–Crippen MR) is 124 cm³/mol. The number of benzene rings is 1. The van der Waals surface area contributed by atoms with Crippen LogP contribution in [0.4, 0.5) is 17.3 Å². The molecule has 9 heteroatoms. The van der Waals surface area contributed by atoms with E-state index in [1.54, 1.807) is 17.0 Å². The lowest BCUT2D eigenvalue weighted by Gasteiger charge is -2.39. The summed E-state index contributed by atoms with van der Waals surface area (Å²) in [4.78, 5) is 40.8. The van der Waals surface area contributed by atoms with Crippen LogP contribution in [-0.4, -0.2) is 74.4 Å². The Morgan fingerprint density at radius 1 is 1.13 bits per heavy atom. The van der Waals surface area contributed by atoms with Gasteiger partial charge in [-0.1, -0.05) is 11.6 Å². The molecule has 1 aliphatic heterocycles. The molecule has 1 fully saturated rings. The van der Waals surface area contributed by atoms with Gasteiger partial charge in [0.15, 0.2) is 0 Å². The predicted octanol–water partition coefficient (Wildman–Crippen LogP) is 2.46. The third-order valence-electron chi connectivity index (χ3n) is 5.32. The second kappa shape index (κ2) is 10.1. The van der Waals surface area contributed by atoms with Gasteiger partial charge in [0.25, 0.3) is 5.91 Å². The van der Waals surface area contributed by atoms with Gasteiger partial charge in [-0.25, -0.2) is 9.97 Å². The van der Waals surface area contributed by atoms with Crippen LogP contribution in [0.5, 0.6) is 0 Å². The van der Waals surface area contributed by atoms with Gasteiger partial charge >= 0.3 is 0 Å². The number of carbonyl (C=O) groups is 2. The zero-order valence-corrected chi connectivity index (χ0v) is 19.2. The van der Waals surface area contributed by atoms with Gasteiger partial charge in [0.1, 0.15) is 0 Å². The number of anilines is 3. The average Bonchev–Trinajstić information content (AvgIpc) is 2.74. The lowest BCUT2D eigenvalue weighted by Crippen LogP contribution is -2.48. The molecule has 2 aromatic rings. The van der Waals surface area contributed by atoms with Gasteiger partial charge in [0, 0.05) is 62.8 Å². The SMILES string of the molecule is CN(C)Cc1cnc(N2CCC(N(C(=O)C=O)c3cc(Cl)ccc3N(C)C)CC2)nc1. The average molecular weight is 445 g/mol. The maximum absolute atomic E-state index is 12.6. The van der Waals surface area contributed by atoms with Crippen LogP contribution in [0.2, 0.25) is 5.02 Å². The van der Waals surface area contributed by atoms with Crippen LogP contribution in [-0.2, 0) is 16.1 Å². The van der Waals surface area contributed by atoms with E-state index in [0.717, 1.165) is 17.8 Å². The summed E-state index contributed by atoms with van der Waals surface area (Å²) in [6, 6.07) is 5.28. The molecule has 0 saturated carbocycles. The maximum atomic E-state index is 12.6. The lowest BCUT2D eigenvalue weighted by atomic mass is 10.0. The van der Waals surface area contributed by atoms with Crippen molar-refractivity contribution in [2.45, 2.75) is 25.4 Å². The van der Waals surface area contributed by atoms with Crippen LogP contribution in [0.3, 0.4) is 0 Å². The first kappa shape index (κ1) is 23.0. The first-order valence-electron chi connectivity index (χ1n) is 10.3. The Morgan fingerprint density at radius 3 is 2.32 bits per heavy atom. The summed E-state index contributed by atoms with van der Waals surface area (Å²) in [7, 11) is 7.81. The molecule has 1 aromatic carbocycles. The fourth-order valence-corrected chi connectivity index (χ4v) is 4.07. The molecule has 31 heavy (non-hydrogen) atoms. The Morgan fingerprint density at radius 2 is 1.77 bits per heavy atom. The summed E-state index contributed by atoms with van der Waals surface area (Å²) in [6.45, 7) is 2.18. The van der Waals surface area contributed by atoms with E-state index in [2.05, 4.69) is 19.8 Å². The topological polar surface area (TPSA) is 72.9 Å². The second-order valence-electron chi connectivity index (χ2n) is 8.20. The summed E-state index contributed by atoms with van der Waals surface area (Å²) in [5.74, 6) is 0.124. The first-order valence-corrected chi connectivity index (χ1v) is 10.6. The quantitative estimate of drug-likeness (QED) is 0.479. The third kappa shape index (κ3) is 5.51. The van der Waals surface area contributed by atoms with Gasteiger partial charge in [-0.3, -0.25) is 9.59 Å². The molecule has 0 aliphatic carbocycles. The molecule has 1 aromatic heterocycles. The molecule has 3 rings (SSSR count). The van der Waals surface area contributed by atoms with E-state index in [0.29, 0.717) is 48.9 Å². The molecular weight excluding hydrogens is 416 g/mol. The van der Waals surface area contributed by atoms with E-state index in [4.69, 9.17) is 11.6 Å². The number of piperidine rings is 1. The van der Waals surface area contributed by atoms with Gasteiger partial charge < -0.3 is 19.6 Å². The van der Waals surface area contributed by atoms with Gasteiger partial charge in [-0.2, -0.15) is 0 Å². The Hall–Kier alpha value is -2.71. The van der Waals surface area contributed by atoms with Crippen molar-refractivity contribution in [2.24, 2.45) is 0 Å². The molecular formula is C22H29ClN6O2. The third-order valence-corrected chi connectivity index (χ3v) is 5.56. The van der Waals surface area contributed by atoms with Crippen molar-refractivity contribution in [3.8, 4) is 0 Å². The van der Waals surface area contributed by atoms with Crippen LogP contribution in [0, 0.1) is 0 Å². The minimum absolute atomic E-state index is 0.112. The molecule has 0 N–H and O–H groups in total. The van der Waals surface area contributed by atoms with Crippen molar-refractivity contribution >= 4 is 41.1 Å². The van der Waals surface area contributed by atoms with Crippen molar-refractivity contribution in [3.63, 3.8) is 0 Å². The summed E-state index contributed by atoms with van der Waals surface area (Å²) in [5.41, 5.74) is 2.54. The fraction of sp³-hybridized carbons (Fsp3) is 0.455. The van der Waals surface area contributed by atoms with Crippen LogP contribution < -0.4 is 14.7 Å². The summed E-state index contributed by atoms with van der Waals surface area (Å²) < 4.78 is 0. The van der Waals surface area contributed by atoms with Crippen LogP contribution in [0.1, 0.15) is 18.4 Å². The number of halogens is 1. The largest absolute Gasteiger partial charge is 0.376 e. The number of amides is 1. The van der Waals surface area contributed by atoms with E-state index in [1.807, 2.05) is 51.6 Å². The normalized spacial score (nSPS) is 14.6. The summed E-state index contributed by atoms with van der Waals surface area (Å²) in [6.07, 6.45) is 5.47. The maximum Gasteiger partial charge on any atom is 0.291 e. The molecule has 2 heterocycles. The standard InChI is InChI=1S/C22H29ClN6O2/c1-26(2)14-16-12-24-22(25-13-16)28-9-7-18(8-10-28)29(21(31)15-30)20-11-17(23)5-6-19(20)27(3)4/h5-6,11-13,15,18H,7-10,14H2,1-4H3. The summed E-state index contributed by atoms with van der Waals surface area (Å²) >= 11 is 6.23. The number of hydrogen-bond donors (Lipinski definition) is 0. The van der Waals surface area contributed by atoms with Gasteiger partial charge in [-0.15, -0.1) is 0 Å². The van der Waals surface area contributed by atoms with E-state index >= 15 is 0 Å². The Labute approximate surface area is 188 Å². The number of carbonyl (C=O) groups excluding carboxylic acids is 2. The molecule has 1 amide bonds. The van der Waals surface area contributed by atoms with E-state index in [-0.39, 0.29) is 6.04 Å². The summed E-state index contributed by atoms with van der Waals surface area (Å²) in [5, 5.41) is 0.521. The number of hydrogen-bond acceptors (Lipinski definition) is 7. The molecule has 0 bridgehead atoms. The highest BCUT2D eigenvalue weighted by atomic mass is 35.5. The monoisotopic (exact) mass is 444 g/mol. The molecule has 166 valence electrons. The van der Waals surface area contributed by atoms with Crippen molar-refractivity contribution in [1.82, 2.24) is 14.9 Å². The highest BCUT2D eigenvalue weighted by molar-refractivity contribution is 6.33. The zero-order valence-electron chi connectivity index (χ0n) is 18.5. The second-order valence-corrected chi connectivity index (χ2v) is 8.64. The van der Waals surface area contributed by atoms with Crippen molar-refractivity contribution in [2.75, 3.05) is 56.0 Å². The van der Waals surface area contributed by atoms with Gasteiger partial charge in [0.05, 0.1) is 11.4 Å². The Kier molecular flexibility index (Phi) is 7.46. The van der Waals surface area contributed by atoms with Crippen molar-refractivity contribution < 1.29 is 9.59 Å². The smallest absolute Gasteiger partial charge is 0.291 e. The van der Waals surface area contributed by atoms with E-state index in [9.17, 15) is 9.59 Å². The lowest BCUT2D eigenvalue weighted by molar-refractivity contribution is -0.129. The van der Waals surface area contributed by atoms with Crippen molar-refractivity contribution in [3.05, 3.63) is 41.2 Å². The first-order chi connectivity index (χ1) is 14.8. The van der Waals surface area contributed by atoms with Crippen molar-refractivity contribution in [1.29, 1.82) is 0 Å². The Balaban J connectivity index is 1.77. The highest BCUT2D eigenvalue weighted by Gasteiger charge is 2.31. The molecule has 8 nitrogen and oxygen atoms in total. The van der Waals surface area contributed by atoms with Gasteiger partial charge in [-0.05, 0) is 45.1 Å². The molecule has 0 radical (unpaired) electrons. The van der Waals surface area contributed by atoms with Crippen LogP contribution in [0.25, 0.3) is 0 Å². The number of nitrogens with zero attached hydrogens (tertiary/aromatic N) is 6. The van der Waals surface area contributed by atoms with E-state index < -0.39 is 5.91 Å². The molecule has 1 aliphatic rings. The van der Waals surface area contributed by atoms with Crippen LogP contribution in [0.15, 0.2) is 30.6 Å². The minimum Gasteiger partial charge on any atom is -0.376 e. The van der Waals surface area contributed by atoms with Crippen LogP contribution >= 0.6 is 11.6 Å². The molecule has 0 atom stereocenters.